The first kappa shape index (κ1) is 19.4. The van der Waals surface area contributed by atoms with Crippen LogP contribution in [-0.4, -0.2) is 10.8 Å². The minimum atomic E-state index is 0.0508. The molecule has 1 aromatic heterocycles. The van der Waals surface area contributed by atoms with E-state index in [0.717, 1.165) is 50.2 Å². The number of pyridine rings is 1. The third-order valence-electron chi connectivity index (χ3n) is 6.34. The normalized spacial score (nSPS) is 12.0. The Balaban J connectivity index is 1.65. The summed E-state index contributed by atoms with van der Waals surface area (Å²) in [6, 6.07) is 30.6. The molecule has 1 heterocycles. The lowest BCUT2D eigenvalue weighted by atomic mass is 9.83. The molecule has 4 aromatic carbocycles. The number of carbonyl (C=O) groups excluding carboxylic acids is 1. The van der Waals surface area contributed by atoms with Gasteiger partial charge in [0.2, 0.25) is 0 Å². The maximum absolute atomic E-state index is 13.3. The lowest BCUT2D eigenvalue weighted by Gasteiger charge is -2.22. The van der Waals surface area contributed by atoms with Gasteiger partial charge in [-0.15, -0.1) is 0 Å². The van der Waals surface area contributed by atoms with E-state index in [1.165, 1.54) is 11.1 Å². The Morgan fingerprint density at radius 2 is 1.33 bits per heavy atom. The molecule has 1 aliphatic rings. The van der Waals surface area contributed by atoms with Gasteiger partial charge in [-0.05, 0) is 55.3 Å². The topological polar surface area (TPSA) is 42.0 Å². The van der Waals surface area contributed by atoms with Gasteiger partial charge in [-0.25, -0.2) is 4.98 Å². The van der Waals surface area contributed by atoms with Crippen molar-refractivity contribution in [3.63, 3.8) is 0 Å². The van der Waals surface area contributed by atoms with E-state index >= 15 is 0 Å². The number of nitrogens with one attached hydrogen (secondary N) is 1. The highest BCUT2D eigenvalue weighted by molar-refractivity contribution is 6.27. The Kier molecular flexibility index (Phi) is 4.37. The molecule has 0 bridgehead atoms. The van der Waals surface area contributed by atoms with Crippen molar-refractivity contribution in [2.45, 2.75) is 13.8 Å². The zero-order valence-corrected chi connectivity index (χ0v) is 18.5. The van der Waals surface area contributed by atoms with Gasteiger partial charge in [0, 0.05) is 27.8 Å². The van der Waals surface area contributed by atoms with Crippen molar-refractivity contribution in [1.82, 2.24) is 4.98 Å². The maximum atomic E-state index is 13.3. The summed E-state index contributed by atoms with van der Waals surface area (Å²) in [6.07, 6.45) is 0. The van der Waals surface area contributed by atoms with E-state index in [1.54, 1.807) is 0 Å². The van der Waals surface area contributed by atoms with Crippen molar-refractivity contribution >= 4 is 28.1 Å². The number of benzene rings is 4. The summed E-state index contributed by atoms with van der Waals surface area (Å²) < 4.78 is 0. The van der Waals surface area contributed by atoms with Gasteiger partial charge in [0.05, 0.1) is 16.9 Å². The second-order valence-electron chi connectivity index (χ2n) is 8.67. The molecule has 0 saturated carbocycles. The van der Waals surface area contributed by atoms with Gasteiger partial charge in [0.25, 0.3) is 0 Å². The number of carbonyl (C=O) groups is 1. The number of anilines is 2. The molecule has 3 heteroatoms. The summed E-state index contributed by atoms with van der Waals surface area (Å²) >= 11 is 0. The van der Waals surface area contributed by atoms with Crippen molar-refractivity contribution in [2.24, 2.45) is 0 Å². The number of rotatable bonds is 3. The standard InChI is InChI=1S/C30H22N2O/c1-18-7-11-20(12-8-18)27-17-25-22-5-3-4-6-23(22)30(33)24-15-16-26(29(32-27)28(24)25)31-21-13-9-19(2)10-14-21/h3-17,31H,1-2H3. The van der Waals surface area contributed by atoms with Gasteiger partial charge >= 0.3 is 0 Å². The van der Waals surface area contributed by atoms with E-state index in [1.807, 2.05) is 36.4 Å². The number of fused-ring (bicyclic) bond motifs is 2. The molecule has 0 amide bonds. The molecule has 0 saturated heterocycles. The average molecular weight is 427 g/mol. The quantitative estimate of drug-likeness (QED) is 0.319. The molecular formula is C30H22N2O. The van der Waals surface area contributed by atoms with Crippen LogP contribution in [0.2, 0.25) is 0 Å². The van der Waals surface area contributed by atoms with E-state index in [9.17, 15) is 4.79 Å². The smallest absolute Gasteiger partial charge is 0.194 e. The predicted molar refractivity (Wildman–Crippen MR) is 135 cm³/mol. The predicted octanol–water partition coefficient (Wildman–Crippen LogP) is 7.47. The Labute approximate surface area is 192 Å². The minimum absolute atomic E-state index is 0.0508. The molecule has 1 aliphatic carbocycles. The Morgan fingerprint density at radius 1 is 0.667 bits per heavy atom. The van der Waals surface area contributed by atoms with Crippen LogP contribution in [0.3, 0.4) is 0 Å². The van der Waals surface area contributed by atoms with Gasteiger partial charge in [-0.1, -0.05) is 71.8 Å². The molecule has 0 aliphatic heterocycles. The Bertz CT molecular complexity index is 1550. The molecule has 3 nitrogen and oxygen atoms in total. The fourth-order valence-electron chi connectivity index (χ4n) is 4.57. The SMILES string of the molecule is Cc1ccc(Nc2ccc3c4c(cc(-c5ccc(C)cc5)nc24)-c2ccccc2C3=O)cc1. The fourth-order valence-corrected chi connectivity index (χ4v) is 4.57. The number of hydrogen-bond donors (Lipinski definition) is 1. The van der Waals surface area contributed by atoms with Crippen LogP contribution in [0.5, 0.6) is 0 Å². The summed E-state index contributed by atoms with van der Waals surface area (Å²) in [7, 11) is 0. The second kappa shape index (κ2) is 7.42. The molecule has 0 atom stereocenters. The highest BCUT2D eigenvalue weighted by Crippen LogP contribution is 2.43. The summed E-state index contributed by atoms with van der Waals surface area (Å²) in [4.78, 5) is 18.4. The van der Waals surface area contributed by atoms with E-state index in [-0.39, 0.29) is 5.78 Å². The number of hydrogen-bond acceptors (Lipinski definition) is 3. The van der Waals surface area contributed by atoms with Crippen LogP contribution >= 0.6 is 0 Å². The summed E-state index contributed by atoms with van der Waals surface area (Å²) in [6.45, 7) is 4.16. The van der Waals surface area contributed by atoms with Crippen LogP contribution in [0.25, 0.3) is 33.3 Å². The molecule has 0 spiro atoms. The highest BCUT2D eigenvalue weighted by Gasteiger charge is 2.27. The second-order valence-corrected chi connectivity index (χ2v) is 8.67. The molecule has 6 rings (SSSR count). The fraction of sp³-hybridized carbons (Fsp3) is 0.0667. The molecule has 33 heavy (non-hydrogen) atoms. The van der Waals surface area contributed by atoms with Crippen LogP contribution in [0.15, 0.2) is 91.0 Å². The lowest BCUT2D eigenvalue weighted by Crippen LogP contribution is -2.11. The minimum Gasteiger partial charge on any atom is -0.354 e. The van der Waals surface area contributed by atoms with E-state index in [0.29, 0.717) is 5.56 Å². The molecule has 0 fully saturated rings. The zero-order chi connectivity index (χ0) is 22.5. The van der Waals surface area contributed by atoms with Crippen LogP contribution in [0.1, 0.15) is 27.0 Å². The van der Waals surface area contributed by atoms with Crippen molar-refractivity contribution in [2.75, 3.05) is 5.32 Å². The first-order valence-corrected chi connectivity index (χ1v) is 11.1. The Morgan fingerprint density at radius 3 is 2.06 bits per heavy atom. The largest absolute Gasteiger partial charge is 0.354 e. The summed E-state index contributed by atoms with van der Waals surface area (Å²) in [5.41, 5.74) is 10.5. The molecule has 1 N–H and O–H groups in total. The molecular weight excluding hydrogens is 404 g/mol. The number of aromatic nitrogens is 1. The average Bonchev–Trinajstić information content (AvgIpc) is 2.84. The van der Waals surface area contributed by atoms with Crippen LogP contribution in [-0.2, 0) is 0 Å². The van der Waals surface area contributed by atoms with Crippen molar-refractivity contribution in [3.05, 3.63) is 113 Å². The first-order valence-electron chi connectivity index (χ1n) is 11.1. The third-order valence-corrected chi connectivity index (χ3v) is 6.34. The molecule has 158 valence electrons. The maximum Gasteiger partial charge on any atom is 0.194 e. The number of ketones is 1. The monoisotopic (exact) mass is 426 g/mol. The highest BCUT2D eigenvalue weighted by atomic mass is 16.1. The van der Waals surface area contributed by atoms with Gasteiger partial charge < -0.3 is 5.32 Å². The van der Waals surface area contributed by atoms with Gasteiger partial charge in [-0.3, -0.25) is 4.79 Å². The van der Waals surface area contributed by atoms with Gasteiger partial charge in [-0.2, -0.15) is 0 Å². The molecule has 0 unspecified atom stereocenters. The van der Waals surface area contributed by atoms with Gasteiger partial charge in [0.1, 0.15) is 0 Å². The first-order chi connectivity index (χ1) is 16.1. The van der Waals surface area contributed by atoms with Crippen LogP contribution < -0.4 is 5.32 Å². The van der Waals surface area contributed by atoms with Gasteiger partial charge in [0.15, 0.2) is 5.78 Å². The summed E-state index contributed by atoms with van der Waals surface area (Å²) in [5.74, 6) is 0.0508. The van der Waals surface area contributed by atoms with Crippen molar-refractivity contribution in [1.29, 1.82) is 0 Å². The van der Waals surface area contributed by atoms with E-state index in [2.05, 4.69) is 73.8 Å². The molecule has 5 aromatic rings. The van der Waals surface area contributed by atoms with E-state index in [4.69, 9.17) is 4.98 Å². The van der Waals surface area contributed by atoms with Crippen molar-refractivity contribution in [3.8, 4) is 22.4 Å². The Hall–Kier alpha value is -4.24. The van der Waals surface area contributed by atoms with Crippen molar-refractivity contribution < 1.29 is 4.79 Å². The number of nitrogens with zero attached hydrogens (tertiary/aromatic N) is 1. The lowest BCUT2D eigenvalue weighted by molar-refractivity contribution is 0.104. The van der Waals surface area contributed by atoms with Crippen LogP contribution in [0.4, 0.5) is 11.4 Å². The van der Waals surface area contributed by atoms with E-state index < -0.39 is 0 Å². The van der Waals surface area contributed by atoms with Crippen LogP contribution in [0, 0.1) is 13.8 Å². The molecule has 0 radical (unpaired) electrons. The third kappa shape index (κ3) is 3.21. The zero-order valence-electron chi connectivity index (χ0n) is 18.5. The summed E-state index contributed by atoms with van der Waals surface area (Å²) in [5, 5.41) is 4.44. The number of aryl methyl sites for hydroxylation is 2.